The van der Waals surface area contributed by atoms with E-state index in [-0.39, 0.29) is 17.2 Å². The Morgan fingerprint density at radius 3 is 2.83 bits per heavy atom. The highest BCUT2D eigenvalue weighted by Gasteiger charge is 2.06. The first-order valence-electron chi connectivity index (χ1n) is 5.14. The van der Waals surface area contributed by atoms with E-state index in [0.717, 1.165) is 0 Å². The van der Waals surface area contributed by atoms with Crippen molar-refractivity contribution in [2.75, 3.05) is 7.11 Å². The van der Waals surface area contributed by atoms with E-state index >= 15 is 0 Å². The van der Waals surface area contributed by atoms with Crippen molar-refractivity contribution in [3.05, 3.63) is 51.3 Å². The van der Waals surface area contributed by atoms with Crippen LogP contribution in [0.25, 0.3) is 11.3 Å². The Balaban J connectivity index is 2.52. The van der Waals surface area contributed by atoms with Crippen molar-refractivity contribution in [2.24, 2.45) is 0 Å². The molecule has 0 spiro atoms. The zero-order valence-electron chi connectivity index (χ0n) is 9.54. The molecular weight excluding hydrogens is 259 g/mol. The van der Waals surface area contributed by atoms with Gasteiger partial charge in [-0.3, -0.25) is 4.79 Å². The molecule has 94 valence electrons. The Bertz CT molecular complexity index is 607. The quantitative estimate of drug-likeness (QED) is 0.930. The van der Waals surface area contributed by atoms with Gasteiger partial charge in [0, 0.05) is 23.8 Å². The van der Waals surface area contributed by atoms with Gasteiger partial charge in [0.2, 0.25) is 0 Å². The molecule has 0 saturated carbocycles. The number of halogens is 2. The minimum atomic E-state index is -0.479. The van der Waals surface area contributed by atoms with Crippen LogP contribution in [-0.4, -0.2) is 17.1 Å². The minimum absolute atomic E-state index is 0.173. The number of nitrogens with one attached hydrogen (secondary N) is 1. The van der Waals surface area contributed by atoms with Crippen molar-refractivity contribution < 1.29 is 9.13 Å². The molecule has 1 heterocycles. The normalized spacial score (nSPS) is 10.6. The molecule has 2 rings (SSSR count). The van der Waals surface area contributed by atoms with Gasteiger partial charge in [-0.1, -0.05) is 11.6 Å². The first-order valence-corrected chi connectivity index (χ1v) is 5.52. The predicted octanol–water partition coefficient (Wildman–Crippen LogP) is 2.38. The first kappa shape index (κ1) is 12.7. The van der Waals surface area contributed by atoms with Crippen LogP contribution in [0.3, 0.4) is 0 Å². The second kappa shape index (κ2) is 5.29. The van der Waals surface area contributed by atoms with Crippen molar-refractivity contribution >= 4 is 11.6 Å². The average molecular weight is 269 g/mol. The zero-order valence-corrected chi connectivity index (χ0v) is 10.3. The van der Waals surface area contributed by atoms with E-state index in [0.29, 0.717) is 17.1 Å². The molecule has 0 fully saturated rings. The Morgan fingerprint density at radius 1 is 1.39 bits per heavy atom. The number of ether oxygens (including phenoxy) is 1. The molecule has 0 saturated heterocycles. The van der Waals surface area contributed by atoms with Crippen LogP contribution in [0.15, 0.2) is 29.1 Å². The van der Waals surface area contributed by atoms with Gasteiger partial charge in [0.15, 0.2) is 0 Å². The summed E-state index contributed by atoms with van der Waals surface area (Å²) in [5.74, 6) is -0.103. The maximum atomic E-state index is 13.2. The molecule has 2 aromatic rings. The lowest BCUT2D eigenvalue weighted by molar-refractivity contribution is 0.177. The topological polar surface area (TPSA) is 55.0 Å². The smallest absolute Gasteiger partial charge is 0.251 e. The molecule has 0 amide bonds. The fraction of sp³-hybridized carbons (Fsp3) is 0.167. The van der Waals surface area contributed by atoms with E-state index in [4.69, 9.17) is 16.3 Å². The van der Waals surface area contributed by atoms with Gasteiger partial charge in [-0.25, -0.2) is 9.37 Å². The number of hydrogen-bond donors (Lipinski definition) is 1. The molecule has 4 nitrogen and oxygen atoms in total. The average Bonchev–Trinajstić information content (AvgIpc) is 2.27. The van der Waals surface area contributed by atoms with Crippen molar-refractivity contribution in [3.63, 3.8) is 0 Å². The molecule has 0 unspecified atom stereocenters. The number of hydrogen-bond acceptors (Lipinski definition) is 3. The summed E-state index contributed by atoms with van der Waals surface area (Å²) in [5.41, 5.74) is 0.475. The van der Waals surface area contributed by atoms with Crippen molar-refractivity contribution in [2.45, 2.75) is 6.61 Å². The van der Waals surface area contributed by atoms with Crippen LogP contribution in [0.1, 0.15) is 5.82 Å². The van der Waals surface area contributed by atoms with Crippen LogP contribution in [0.4, 0.5) is 4.39 Å². The van der Waals surface area contributed by atoms with E-state index in [1.54, 1.807) is 6.07 Å². The number of aromatic amines is 1. The highest BCUT2D eigenvalue weighted by atomic mass is 35.5. The highest BCUT2D eigenvalue weighted by molar-refractivity contribution is 6.30. The van der Waals surface area contributed by atoms with Crippen molar-refractivity contribution in [1.29, 1.82) is 0 Å². The van der Waals surface area contributed by atoms with Crippen LogP contribution in [0.5, 0.6) is 0 Å². The molecular formula is C12H10ClFN2O2. The highest BCUT2D eigenvalue weighted by Crippen LogP contribution is 2.22. The minimum Gasteiger partial charge on any atom is -0.377 e. The Hall–Kier alpha value is -1.72. The van der Waals surface area contributed by atoms with E-state index in [1.165, 1.54) is 25.3 Å². The molecule has 6 heteroatoms. The maximum absolute atomic E-state index is 13.2. The summed E-state index contributed by atoms with van der Waals surface area (Å²) in [6.45, 7) is 0.173. The standard InChI is InChI=1S/C12H10ClFN2O2/c1-18-6-11-15-10(5-12(17)16-11)7-2-8(13)4-9(14)3-7/h2-5H,6H2,1H3,(H,15,16,17). The number of rotatable bonds is 3. The van der Waals surface area contributed by atoms with Gasteiger partial charge in [-0.2, -0.15) is 0 Å². The van der Waals surface area contributed by atoms with Crippen LogP contribution >= 0.6 is 11.6 Å². The molecule has 1 aromatic carbocycles. The Labute approximate surface area is 107 Å². The van der Waals surface area contributed by atoms with E-state index < -0.39 is 5.82 Å². The molecule has 0 aliphatic heterocycles. The molecule has 1 aromatic heterocycles. The predicted molar refractivity (Wildman–Crippen MR) is 66.0 cm³/mol. The second-order valence-electron chi connectivity index (χ2n) is 3.67. The largest absolute Gasteiger partial charge is 0.377 e. The SMILES string of the molecule is COCc1nc(-c2cc(F)cc(Cl)c2)cc(=O)[nH]1. The van der Waals surface area contributed by atoms with Gasteiger partial charge in [0.1, 0.15) is 18.2 Å². The number of aromatic nitrogens is 2. The lowest BCUT2D eigenvalue weighted by atomic mass is 10.1. The summed E-state index contributed by atoms with van der Waals surface area (Å²) in [7, 11) is 1.49. The number of methoxy groups -OCH3 is 1. The number of H-pyrrole nitrogens is 1. The Kier molecular flexibility index (Phi) is 3.74. The summed E-state index contributed by atoms with van der Waals surface area (Å²) in [4.78, 5) is 18.2. The fourth-order valence-corrected chi connectivity index (χ4v) is 1.78. The number of benzene rings is 1. The zero-order chi connectivity index (χ0) is 13.1. The molecule has 18 heavy (non-hydrogen) atoms. The Morgan fingerprint density at radius 2 is 2.17 bits per heavy atom. The summed E-state index contributed by atoms with van der Waals surface area (Å²) in [6, 6.07) is 5.28. The van der Waals surface area contributed by atoms with Gasteiger partial charge >= 0.3 is 0 Å². The monoisotopic (exact) mass is 268 g/mol. The van der Waals surface area contributed by atoms with Gasteiger partial charge in [0.25, 0.3) is 5.56 Å². The van der Waals surface area contributed by atoms with Gasteiger partial charge in [-0.05, 0) is 18.2 Å². The molecule has 0 atom stereocenters. The lowest BCUT2D eigenvalue weighted by Crippen LogP contribution is -2.11. The summed E-state index contributed by atoms with van der Waals surface area (Å²) in [5, 5.41) is 0.250. The van der Waals surface area contributed by atoms with Gasteiger partial charge < -0.3 is 9.72 Å². The number of nitrogens with zero attached hydrogens (tertiary/aromatic N) is 1. The molecule has 0 aliphatic rings. The lowest BCUT2D eigenvalue weighted by Gasteiger charge is -2.04. The summed E-state index contributed by atoms with van der Waals surface area (Å²) < 4.78 is 18.1. The van der Waals surface area contributed by atoms with Crippen LogP contribution in [0.2, 0.25) is 5.02 Å². The van der Waals surface area contributed by atoms with E-state index in [2.05, 4.69) is 9.97 Å². The first-order chi connectivity index (χ1) is 8.58. The molecule has 0 aliphatic carbocycles. The van der Waals surface area contributed by atoms with Crippen LogP contribution in [0, 0.1) is 5.82 Å². The van der Waals surface area contributed by atoms with Crippen molar-refractivity contribution in [3.8, 4) is 11.3 Å². The third-order valence-electron chi connectivity index (χ3n) is 2.23. The summed E-state index contributed by atoms with van der Waals surface area (Å²) in [6.07, 6.45) is 0. The van der Waals surface area contributed by atoms with Gasteiger partial charge in [0.05, 0.1) is 5.69 Å². The van der Waals surface area contributed by atoms with E-state index in [9.17, 15) is 9.18 Å². The molecule has 1 N–H and O–H groups in total. The summed E-state index contributed by atoms with van der Waals surface area (Å²) >= 11 is 5.76. The third-order valence-corrected chi connectivity index (χ3v) is 2.45. The van der Waals surface area contributed by atoms with Crippen LogP contribution in [-0.2, 0) is 11.3 Å². The third kappa shape index (κ3) is 2.94. The van der Waals surface area contributed by atoms with Crippen LogP contribution < -0.4 is 5.56 Å². The molecule has 0 bridgehead atoms. The van der Waals surface area contributed by atoms with Crippen molar-refractivity contribution in [1.82, 2.24) is 9.97 Å². The molecule has 0 radical (unpaired) electrons. The fourth-order valence-electron chi connectivity index (χ4n) is 1.56. The maximum Gasteiger partial charge on any atom is 0.251 e. The second-order valence-corrected chi connectivity index (χ2v) is 4.10. The van der Waals surface area contributed by atoms with E-state index in [1.807, 2.05) is 0 Å². The van der Waals surface area contributed by atoms with Gasteiger partial charge in [-0.15, -0.1) is 0 Å².